The highest BCUT2D eigenvalue weighted by molar-refractivity contribution is 7.90. The molecule has 0 amide bonds. The zero-order valence-electron chi connectivity index (χ0n) is 13.6. The summed E-state index contributed by atoms with van der Waals surface area (Å²) in [5.41, 5.74) is 1.20. The zero-order chi connectivity index (χ0) is 18.1. The van der Waals surface area contributed by atoms with Crippen LogP contribution in [0.3, 0.4) is 0 Å². The molecule has 2 aliphatic rings. The van der Waals surface area contributed by atoms with Crippen molar-refractivity contribution >= 4 is 22.1 Å². The van der Waals surface area contributed by atoms with E-state index in [1.807, 2.05) is 0 Å². The second-order valence-electron chi connectivity index (χ2n) is 5.59. The van der Waals surface area contributed by atoms with Gasteiger partial charge in [-0.25, -0.2) is 5.01 Å². The number of aliphatic hydroxyl groups excluding tert-OH is 1. The molecule has 134 valence electrons. The average molecular weight is 373 g/mol. The number of hydrogen-bond donors (Lipinski definition) is 1. The maximum absolute atomic E-state index is 12.2. The molecule has 2 aliphatic heterocycles. The summed E-state index contributed by atoms with van der Waals surface area (Å²) in [6.45, 7) is 0.0709. The lowest BCUT2D eigenvalue weighted by atomic mass is 10.2. The number of hydrazone groups is 1. The van der Waals surface area contributed by atoms with Gasteiger partial charge in [-0.2, -0.15) is 13.5 Å². The molecule has 2 aromatic carbocycles. The summed E-state index contributed by atoms with van der Waals surface area (Å²) >= 11 is 0. The van der Waals surface area contributed by atoms with Gasteiger partial charge in [-0.3, -0.25) is 0 Å². The summed E-state index contributed by atoms with van der Waals surface area (Å²) in [6, 6.07) is 11.9. The first-order chi connectivity index (χ1) is 12.6. The van der Waals surface area contributed by atoms with E-state index in [2.05, 4.69) is 9.50 Å². The third kappa shape index (κ3) is 2.91. The molecule has 9 heteroatoms. The third-order valence-electron chi connectivity index (χ3n) is 3.91. The van der Waals surface area contributed by atoms with Gasteiger partial charge in [0, 0.05) is 5.56 Å². The van der Waals surface area contributed by atoms with Gasteiger partial charge in [0.2, 0.25) is 6.79 Å². The standard InChI is InChI=1S/C17H15N3O5S/c21-8-7-20(17-13-3-1-2-4-16(13)26(22,23)19-17)18-10-12-5-6-14-15(9-12)25-11-24-14/h1-6,9-10,21H,7-8,11H2. The van der Waals surface area contributed by atoms with Crippen LogP contribution >= 0.6 is 0 Å². The van der Waals surface area contributed by atoms with Gasteiger partial charge in [0.1, 0.15) is 4.90 Å². The van der Waals surface area contributed by atoms with Crippen molar-refractivity contribution in [1.82, 2.24) is 5.01 Å². The molecule has 0 saturated heterocycles. The summed E-state index contributed by atoms with van der Waals surface area (Å²) < 4.78 is 38.8. The predicted molar refractivity (Wildman–Crippen MR) is 94.1 cm³/mol. The molecule has 0 bridgehead atoms. The average Bonchev–Trinajstić information content (AvgIpc) is 3.21. The summed E-state index contributed by atoms with van der Waals surface area (Å²) in [4.78, 5) is 0.135. The maximum Gasteiger partial charge on any atom is 0.285 e. The number of hydrogen-bond acceptors (Lipinski definition) is 7. The second kappa shape index (κ2) is 6.43. The van der Waals surface area contributed by atoms with Crippen molar-refractivity contribution in [3.8, 4) is 11.5 Å². The Bertz CT molecular complexity index is 1020. The lowest BCUT2D eigenvalue weighted by molar-refractivity contribution is 0.174. The Morgan fingerprint density at radius 2 is 2.00 bits per heavy atom. The van der Waals surface area contributed by atoms with Gasteiger partial charge in [0.25, 0.3) is 10.0 Å². The minimum Gasteiger partial charge on any atom is -0.454 e. The number of amidine groups is 1. The molecule has 0 aromatic heterocycles. The van der Waals surface area contributed by atoms with Gasteiger partial charge < -0.3 is 14.6 Å². The number of ether oxygens (including phenoxy) is 2. The van der Waals surface area contributed by atoms with Crippen LogP contribution in [0.4, 0.5) is 0 Å². The maximum atomic E-state index is 12.2. The fourth-order valence-corrected chi connectivity index (χ4v) is 3.92. The molecule has 26 heavy (non-hydrogen) atoms. The molecule has 0 spiro atoms. The first kappa shape index (κ1) is 16.6. The topological polar surface area (TPSA) is 101 Å². The number of fused-ring (bicyclic) bond motifs is 2. The van der Waals surface area contributed by atoms with Crippen molar-refractivity contribution in [3.63, 3.8) is 0 Å². The Hall–Kier alpha value is -2.91. The molecule has 2 heterocycles. The van der Waals surface area contributed by atoms with E-state index in [4.69, 9.17) is 9.47 Å². The normalized spacial score (nSPS) is 16.6. The second-order valence-corrected chi connectivity index (χ2v) is 7.16. The quantitative estimate of drug-likeness (QED) is 0.638. The van der Waals surface area contributed by atoms with Crippen LogP contribution in [-0.4, -0.2) is 50.5 Å². The molecule has 4 rings (SSSR count). The lowest BCUT2D eigenvalue weighted by Gasteiger charge is -2.17. The zero-order valence-corrected chi connectivity index (χ0v) is 14.4. The Morgan fingerprint density at radius 1 is 1.19 bits per heavy atom. The van der Waals surface area contributed by atoms with E-state index < -0.39 is 10.0 Å². The van der Waals surface area contributed by atoms with Crippen LogP contribution in [0.15, 0.2) is 56.9 Å². The predicted octanol–water partition coefficient (Wildman–Crippen LogP) is 1.19. The number of benzene rings is 2. The highest BCUT2D eigenvalue weighted by Gasteiger charge is 2.31. The van der Waals surface area contributed by atoms with Crippen LogP contribution in [0.5, 0.6) is 11.5 Å². The van der Waals surface area contributed by atoms with Gasteiger partial charge in [0.05, 0.1) is 19.4 Å². The van der Waals surface area contributed by atoms with Crippen molar-refractivity contribution in [2.75, 3.05) is 19.9 Å². The van der Waals surface area contributed by atoms with Crippen LogP contribution in [0.25, 0.3) is 0 Å². The van der Waals surface area contributed by atoms with Gasteiger partial charge in [-0.05, 0) is 35.9 Å². The highest BCUT2D eigenvalue weighted by atomic mass is 32.2. The summed E-state index contributed by atoms with van der Waals surface area (Å²) in [5.74, 6) is 1.47. The van der Waals surface area contributed by atoms with Gasteiger partial charge in [-0.15, -0.1) is 4.40 Å². The number of aliphatic hydroxyl groups is 1. The van der Waals surface area contributed by atoms with E-state index in [9.17, 15) is 13.5 Å². The van der Waals surface area contributed by atoms with Crippen LogP contribution in [-0.2, 0) is 10.0 Å². The number of nitrogens with zero attached hydrogens (tertiary/aromatic N) is 3. The van der Waals surface area contributed by atoms with Gasteiger partial charge in [0.15, 0.2) is 17.3 Å². The van der Waals surface area contributed by atoms with Crippen molar-refractivity contribution in [2.45, 2.75) is 4.90 Å². The highest BCUT2D eigenvalue weighted by Crippen LogP contribution is 2.32. The van der Waals surface area contributed by atoms with E-state index in [0.29, 0.717) is 17.1 Å². The summed E-state index contributed by atoms with van der Waals surface area (Å²) in [7, 11) is -3.75. The van der Waals surface area contributed by atoms with E-state index in [1.165, 1.54) is 11.1 Å². The van der Waals surface area contributed by atoms with Crippen LogP contribution in [0.2, 0.25) is 0 Å². The summed E-state index contributed by atoms with van der Waals surface area (Å²) in [6.07, 6.45) is 1.55. The Kier molecular flexibility index (Phi) is 4.09. The van der Waals surface area contributed by atoms with Crippen molar-refractivity contribution in [3.05, 3.63) is 53.6 Å². The molecule has 0 aliphatic carbocycles. The Balaban J connectivity index is 1.67. The fourth-order valence-electron chi connectivity index (χ4n) is 2.72. The third-order valence-corrected chi connectivity index (χ3v) is 5.24. The number of sulfonamides is 1. The molecule has 0 unspecified atom stereocenters. The van der Waals surface area contributed by atoms with Gasteiger partial charge >= 0.3 is 0 Å². The first-order valence-corrected chi connectivity index (χ1v) is 9.29. The minimum absolute atomic E-state index is 0.101. The van der Waals surface area contributed by atoms with E-state index in [0.717, 1.165) is 5.56 Å². The van der Waals surface area contributed by atoms with Crippen LogP contribution < -0.4 is 9.47 Å². The minimum atomic E-state index is -3.75. The van der Waals surface area contributed by atoms with E-state index in [1.54, 1.807) is 42.6 Å². The van der Waals surface area contributed by atoms with E-state index in [-0.39, 0.29) is 30.7 Å². The fraction of sp³-hybridized carbons (Fsp3) is 0.176. The molecule has 0 atom stereocenters. The monoisotopic (exact) mass is 373 g/mol. The van der Waals surface area contributed by atoms with Crippen molar-refractivity contribution in [1.29, 1.82) is 0 Å². The Morgan fingerprint density at radius 3 is 2.85 bits per heavy atom. The lowest BCUT2D eigenvalue weighted by Crippen LogP contribution is -2.28. The molecule has 0 radical (unpaired) electrons. The smallest absolute Gasteiger partial charge is 0.285 e. The van der Waals surface area contributed by atoms with Crippen molar-refractivity contribution < 1.29 is 23.0 Å². The van der Waals surface area contributed by atoms with Gasteiger partial charge in [-0.1, -0.05) is 12.1 Å². The Labute approximate surface area is 150 Å². The molecular formula is C17H15N3O5S. The largest absolute Gasteiger partial charge is 0.454 e. The molecule has 2 aromatic rings. The molecule has 1 N–H and O–H groups in total. The van der Waals surface area contributed by atoms with Crippen LogP contribution in [0.1, 0.15) is 11.1 Å². The first-order valence-electron chi connectivity index (χ1n) is 7.85. The SMILES string of the molecule is O=S1(=O)N=C(N(CCO)N=Cc2ccc3c(c2)OCO3)c2ccccc21. The van der Waals surface area contributed by atoms with E-state index >= 15 is 0 Å². The van der Waals surface area contributed by atoms with Crippen LogP contribution in [0, 0.1) is 0 Å². The molecule has 0 fully saturated rings. The van der Waals surface area contributed by atoms with Crippen molar-refractivity contribution in [2.24, 2.45) is 9.50 Å². The molecule has 8 nitrogen and oxygen atoms in total. The summed E-state index contributed by atoms with van der Waals surface area (Å²) in [5, 5.41) is 15.0. The molecule has 0 saturated carbocycles. The molecular weight excluding hydrogens is 358 g/mol. The number of rotatable bonds is 4.